The smallest absolute Gasteiger partial charge is 0.261 e. The highest BCUT2D eigenvalue weighted by atomic mass is 32.1. The van der Waals surface area contributed by atoms with E-state index in [4.69, 9.17) is 0 Å². The Morgan fingerprint density at radius 1 is 1.03 bits per heavy atom. The minimum atomic E-state index is -0.162. The maximum absolute atomic E-state index is 12.7. The van der Waals surface area contributed by atoms with Gasteiger partial charge in [0, 0.05) is 39.2 Å². The molecule has 3 aromatic heterocycles. The number of nitrogens with one attached hydrogen (secondary N) is 3. The van der Waals surface area contributed by atoms with Crippen LogP contribution in [0.3, 0.4) is 0 Å². The number of hydrogen-bond acceptors (Lipinski definition) is 3. The van der Waals surface area contributed by atoms with Crippen LogP contribution in [0.4, 0.5) is 0 Å². The minimum Gasteiger partial charge on any atom is -0.361 e. The molecule has 5 nitrogen and oxygen atoms in total. The van der Waals surface area contributed by atoms with Crippen LogP contribution >= 0.6 is 11.3 Å². The number of H-pyrrole nitrogens is 2. The molecule has 29 heavy (non-hydrogen) atoms. The second-order valence-corrected chi connectivity index (χ2v) is 8.27. The van der Waals surface area contributed by atoms with E-state index in [1.165, 1.54) is 22.3 Å². The van der Waals surface area contributed by atoms with Crippen LogP contribution in [0.1, 0.15) is 20.8 Å². The Bertz CT molecular complexity index is 1440. The van der Waals surface area contributed by atoms with Crippen LogP contribution < -0.4 is 10.9 Å². The van der Waals surface area contributed by atoms with Gasteiger partial charge >= 0.3 is 0 Å². The first kappa shape index (κ1) is 17.7. The molecule has 6 heteroatoms. The van der Waals surface area contributed by atoms with Gasteiger partial charge in [-0.3, -0.25) is 9.59 Å². The number of amides is 1. The molecule has 1 amide bonds. The third-order valence-corrected chi connectivity index (χ3v) is 6.39. The summed E-state index contributed by atoms with van der Waals surface area (Å²) in [6.45, 7) is 2.55. The Labute approximate surface area is 170 Å². The monoisotopic (exact) mass is 401 g/mol. The number of hydrogen-bond donors (Lipinski definition) is 3. The lowest BCUT2D eigenvalue weighted by Gasteiger charge is -2.03. The Balaban J connectivity index is 1.39. The van der Waals surface area contributed by atoms with Crippen molar-refractivity contribution in [1.29, 1.82) is 0 Å². The molecule has 0 aliphatic rings. The van der Waals surface area contributed by atoms with E-state index >= 15 is 0 Å². The van der Waals surface area contributed by atoms with Crippen molar-refractivity contribution in [2.75, 3.05) is 6.54 Å². The second-order valence-electron chi connectivity index (χ2n) is 7.22. The van der Waals surface area contributed by atoms with E-state index < -0.39 is 0 Å². The molecule has 0 spiro atoms. The topological polar surface area (TPSA) is 77.8 Å². The molecule has 0 radical (unpaired) electrons. The average molecular weight is 401 g/mol. The van der Waals surface area contributed by atoms with Crippen LogP contribution in [0, 0.1) is 6.92 Å². The van der Waals surface area contributed by atoms with Gasteiger partial charge in [0.15, 0.2) is 0 Å². The summed E-state index contributed by atoms with van der Waals surface area (Å²) in [5, 5.41) is 5.70. The number of carbonyl (C=O) groups is 1. The van der Waals surface area contributed by atoms with Crippen molar-refractivity contribution in [1.82, 2.24) is 15.3 Å². The number of pyridine rings is 1. The number of aromatic amines is 2. The minimum absolute atomic E-state index is 0.147. The van der Waals surface area contributed by atoms with E-state index in [2.05, 4.69) is 21.4 Å². The predicted molar refractivity (Wildman–Crippen MR) is 119 cm³/mol. The number of para-hydroxylation sites is 1. The highest BCUT2D eigenvalue weighted by molar-refractivity contribution is 7.21. The number of carbonyl (C=O) groups excluding carboxylic acids is 1. The van der Waals surface area contributed by atoms with E-state index in [0.29, 0.717) is 16.8 Å². The molecule has 0 saturated heterocycles. The largest absolute Gasteiger partial charge is 0.361 e. The van der Waals surface area contributed by atoms with Crippen molar-refractivity contribution < 1.29 is 4.79 Å². The lowest BCUT2D eigenvalue weighted by Crippen LogP contribution is -2.24. The molecule has 5 aromatic rings. The Morgan fingerprint density at radius 3 is 2.79 bits per heavy atom. The van der Waals surface area contributed by atoms with E-state index in [0.717, 1.165) is 33.1 Å². The molecule has 3 N–H and O–H groups in total. The van der Waals surface area contributed by atoms with Crippen LogP contribution in [0.2, 0.25) is 0 Å². The van der Waals surface area contributed by atoms with E-state index in [9.17, 15) is 9.59 Å². The molecule has 0 atom stereocenters. The molecule has 144 valence electrons. The standard InChI is InChI=1S/C23H19N3O2S/c1-13-6-7-19-16(10-13)21-17(22(27)26-19)11-20(29-21)23(28)24-9-8-14-12-25-18-5-3-2-4-15(14)18/h2-7,10-12,25H,8-9H2,1H3,(H,24,28)(H,26,27). The molecule has 2 aromatic carbocycles. The fourth-order valence-corrected chi connectivity index (χ4v) is 4.85. The first-order valence-corrected chi connectivity index (χ1v) is 10.3. The number of aryl methyl sites for hydroxylation is 1. The number of benzene rings is 2. The zero-order valence-electron chi connectivity index (χ0n) is 15.8. The van der Waals surface area contributed by atoms with Gasteiger partial charge in [-0.05, 0) is 43.2 Å². The average Bonchev–Trinajstić information content (AvgIpc) is 3.34. The number of aromatic nitrogens is 2. The van der Waals surface area contributed by atoms with Crippen LogP contribution in [-0.2, 0) is 6.42 Å². The third-order valence-electron chi connectivity index (χ3n) is 5.22. The quantitative estimate of drug-likeness (QED) is 0.414. The van der Waals surface area contributed by atoms with Gasteiger partial charge in [-0.2, -0.15) is 0 Å². The predicted octanol–water partition coefficient (Wildman–Crippen LogP) is 4.51. The van der Waals surface area contributed by atoms with Crippen molar-refractivity contribution in [2.45, 2.75) is 13.3 Å². The van der Waals surface area contributed by atoms with Gasteiger partial charge in [0.05, 0.1) is 10.3 Å². The van der Waals surface area contributed by atoms with Crippen molar-refractivity contribution in [3.63, 3.8) is 0 Å². The Morgan fingerprint density at radius 2 is 1.90 bits per heavy atom. The molecule has 0 saturated carbocycles. The maximum atomic E-state index is 12.7. The van der Waals surface area contributed by atoms with Gasteiger partial charge in [0.1, 0.15) is 0 Å². The van der Waals surface area contributed by atoms with Crippen molar-refractivity contribution in [2.24, 2.45) is 0 Å². The molecule has 0 aliphatic heterocycles. The van der Waals surface area contributed by atoms with Gasteiger partial charge in [-0.25, -0.2) is 0 Å². The van der Waals surface area contributed by atoms with E-state index in [1.54, 1.807) is 6.07 Å². The van der Waals surface area contributed by atoms with Gasteiger partial charge in [0.2, 0.25) is 0 Å². The van der Waals surface area contributed by atoms with Crippen LogP contribution in [-0.4, -0.2) is 22.4 Å². The second kappa shape index (κ2) is 6.90. The van der Waals surface area contributed by atoms with Crippen LogP contribution in [0.25, 0.3) is 31.9 Å². The molecular weight excluding hydrogens is 382 g/mol. The first-order valence-electron chi connectivity index (χ1n) is 9.49. The molecule has 0 fully saturated rings. The summed E-state index contributed by atoms with van der Waals surface area (Å²) in [4.78, 5) is 31.8. The Hall–Kier alpha value is -3.38. The van der Waals surface area contributed by atoms with Crippen molar-refractivity contribution in [3.05, 3.63) is 81.1 Å². The zero-order chi connectivity index (χ0) is 20.0. The molecule has 0 aliphatic carbocycles. The molecular formula is C23H19N3O2S. The summed E-state index contributed by atoms with van der Waals surface area (Å²) < 4.78 is 0.856. The highest BCUT2D eigenvalue weighted by Crippen LogP contribution is 2.30. The lowest BCUT2D eigenvalue weighted by atomic mass is 10.1. The summed E-state index contributed by atoms with van der Waals surface area (Å²) in [6.07, 6.45) is 2.73. The number of fused-ring (bicyclic) bond motifs is 4. The van der Waals surface area contributed by atoms with Crippen LogP contribution in [0.5, 0.6) is 0 Å². The van der Waals surface area contributed by atoms with Gasteiger partial charge in [-0.15, -0.1) is 11.3 Å². The maximum Gasteiger partial charge on any atom is 0.261 e. The van der Waals surface area contributed by atoms with Gasteiger partial charge in [0.25, 0.3) is 11.5 Å². The Kier molecular flexibility index (Phi) is 4.21. The summed E-state index contributed by atoms with van der Waals surface area (Å²) in [6, 6.07) is 15.7. The number of rotatable bonds is 4. The normalized spacial score (nSPS) is 11.5. The lowest BCUT2D eigenvalue weighted by molar-refractivity contribution is 0.0958. The highest BCUT2D eigenvalue weighted by Gasteiger charge is 2.15. The molecule has 5 rings (SSSR count). The third kappa shape index (κ3) is 3.11. The van der Waals surface area contributed by atoms with Crippen LogP contribution in [0.15, 0.2) is 59.5 Å². The van der Waals surface area contributed by atoms with E-state index in [-0.39, 0.29) is 11.5 Å². The summed E-state index contributed by atoms with van der Waals surface area (Å²) in [5.41, 5.74) is 4.02. The van der Waals surface area contributed by atoms with Crippen molar-refractivity contribution >= 4 is 49.1 Å². The molecule has 0 unspecified atom stereocenters. The van der Waals surface area contributed by atoms with Gasteiger partial charge in [-0.1, -0.05) is 29.8 Å². The van der Waals surface area contributed by atoms with E-state index in [1.807, 2.05) is 49.5 Å². The SMILES string of the molecule is Cc1ccc2[nH]c(=O)c3cc(C(=O)NCCc4c[nH]c5ccccc45)sc3c2c1. The van der Waals surface area contributed by atoms with Crippen molar-refractivity contribution in [3.8, 4) is 0 Å². The fourth-order valence-electron chi connectivity index (χ4n) is 3.75. The summed E-state index contributed by atoms with van der Waals surface area (Å²) >= 11 is 1.37. The summed E-state index contributed by atoms with van der Waals surface area (Å²) in [7, 11) is 0. The fraction of sp³-hybridized carbons (Fsp3) is 0.130. The zero-order valence-corrected chi connectivity index (χ0v) is 16.7. The first-order chi connectivity index (χ1) is 14.1. The molecule has 0 bridgehead atoms. The number of thiophene rings is 1. The van der Waals surface area contributed by atoms with Gasteiger partial charge < -0.3 is 15.3 Å². The molecule has 3 heterocycles. The summed E-state index contributed by atoms with van der Waals surface area (Å²) in [5.74, 6) is -0.147.